The molecule has 4 nitrogen and oxygen atoms in total. The Balaban J connectivity index is 2.53. The molecule has 17 heavy (non-hydrogen) atoms. The summed E-state index contributed by atoms with van der Waals surface area (Å²) in [7, 11) is 0. The maximum atomic E-state index is 13.2. The van der Waals surface area contributed by atoms with E-state index in [1.807, 2.05) is 0 Å². The van der Waals surface area contributed by atoms with Gasteiger partial charge in [0.05, 0.1) is 16.9 Å². The zero-order chi connectivity index (χ0) is 12.6. The van der Waals surface area contributed by atoms with E-state index in [9.17, 15) is 9.18 Å². The number of aromatic nitrogens is 2. The number of rotatable bonds is 2. The minimum atomic E-state index is -1.20. The van der Waals surface area contributed by atoms with E-state index >= 15 is 0 Å². The number of carboxylic acids is 1. The number of nitrogens with zero attached hydrogens (tertiary/aromatic N) is 2. The van der Waals surface area contributed by atoms with E-state index < -0.39 is 11.8 Å². The lowest BCUT2D eigenvalue weighted by atomic mass is 10.3. The second-order valence-electron chi connectivity index (χ2n) is 3.16. The summed E-state index contributed by atoms with van der Waals surface area (Å²) in [6, 6.07) is 3.94. The van der Waals surface area contributed by atoms with Crippen LogP contribution in [0.2, 0.25) is 10.2 Å². The lowest BCUT2D eigenvalue weighted by Gasteiger charge is -2.03. The molecule has 1 N–H and O–H groups in total. The topological polar surface area (TPSA) is 55.1 Å². The molecule has 0 bridgehead atoms. The van der Waals surface area contributed by atoms with Gasteiger partial charge in [-0.25, -0.2) is 13.9 Å². The van der Waals surface area contributed by atoms with Crippen molar-refractivity contribution in [2.75, 3.05) is 0 Å². The van der Waals surface area contributed by atoms with Gasteiger partial charge in [-0.1, -0.05) is 23.2 Å². The maximum Gasteiger partial charge on any atom is 0.340 e. The van der Waals surface area contributed by atoms with Gasteiger partial charge in [-0.2, -0.15) is 5.10 Å². The van der Waals surface area contributed by atoms with Gasteiger partial charge in [0.15, 0.2) is 0 Å². The monoisotopic (exact) mass is 274 g/mol. The van der Waals surface area contributed by atoms with Crippen molar-refractivity contribution in [3.05, 3.63) is 46.0 Å². The fourth-order valence-electron chi connectivity index (χ4n) is 1.27. The van der Waals surface area contributed by atoms with Gasteiger partial charge >= 0.3 is 5.97 Å². The second-order valence-corrected chi connectivity index (χ2v) is 3.93. The molecule has 1 aromatic carbocycles. The molecule has 2 rings (SSSR count). The number of halogens is 3. The number of hydrogen-bond donors (Lipinski definition) is 1. The van der Waals surface area contributed by atoms with E-state index in [1.165, 1.54) is 12.1 Å². The highest BCUT2D eigenvalue weighted by molar-refractivity contribution is 6.32. The van der Waals surface area contributed by atoms with Crippen molar-refractivity contribution in [2.45, 2.75) is 0 Å². The third-order valence-electron chi connectivity index (χ3n) is 2.09. The van der Waals surface area contributed by atoms with Crippen molar-refractivity contribution in [2.24, 2.45) is 0 Å². The molecule has 2 aromatic rings. The van der Waals surface area contributed by atoms with Crippen molar-refractivity contribution in [3.8, 4) is 5.69 Å². The highest BCUT2D eigenvalue weighted by atomic mass is 35.5. The average Bonchev–Trinajstić information content (AvgIpc) is 2.64. The van der Waals surface area contributed by atoms with E-state index in [2.05, 4.69) is 5.10 Å². The Labute approximate surface area is 105 Å². The first-order chi connectivity index (χ1) is 8.00. The highest BCUT2D eigenvalue weighted by Gasteiger charge is 2.16. The van der Waals surface area contributed by atoms with Crippen LogP contribution in [0, 0.1) is 5.82 Å². The predicted octanol–water partition coefficient (Wildman–Crippen LogP) is 3.02. The fourth-order valence-corrected chi connectivity index (χ4v) is 1.66. The van der Waals surface area contributed by atoms with E-state index in [1.54, 1.807) is 0 Å². The lowest BCUT2D eigenvalue weighted by Crippen LogP contribution is -1.99. The van der Waals surface area contributed by atoms with Gasteiger partial charge in [-0.05, 0) is 12.1 Å². The molecule has 0 spiro atoms. The molecule has 0 aliphatic carbocycles. The van der Waals surface area contributed by atoms with Crippen molar-refractivity contribution >= 4 is 29.2 Å². The van der Waals surface area contributed by atoms with Crippen LogP contribution in [-0.4, -0.2) is 20.9 Å². The van der Waals surface area contributed by atoms with Crippen LogP contribution in [-0.2, 0) is 0 Å². The third kappa shape index (κ3) is 2.11. The Morgan fingerprint density at radius 2 is 2.12 bits per heavy atom. The van der Waals surface area contributed by atoms with E-state index in [0.717, 1.165) is 16.9 Å². The first-order valence-electron chi connectivity index (χ1n) is 4.43. The van der Waals surface area contributed by atoms with Crippen molar-refractivity contribution in [3.63, 3.8) is 0 Å². The average molecular weight is 275 g/mol. The lowest BCUT2D eigenvalue weighted by molar-refractivity contribution is 0.0697. The van der Waals surface area contributed by atoms with Gasteiger partial charge in [0, 0.05) is 6.07 Å². The van der Waals surface area contributed by atoms with Crippen LogP contribution < -0.4 is 0 Å². The minimum Gasteiger partial charge on any atom is -0.478 e. The zero-order valence-corrected chi connectivity index (χ0v) is 9.71. The molecule has 1 heterocycles. The second kappa shape index (κ2) is 4.35. The summed E-state index contributed by atoms with van der Waals surface area (Å²) in [5.74, 6) is -1.83. The van der Waals surface area contributed by atoms with Crippen LogP contribution >= 0.6 is 23.2 Å². The van der Waals surface area contributed by atoms with Gasteiger partial charge in [0.1, 0.15) is 16.5 Å². The Bertz CT molecular complexity index is 598. The largest absolute Gasteiger partial charge is 0.478 e. The molecule has 1 aromatic heterocycles. The summed E-state index contributed by atoms with van der Waals surface area (Å²) in [5.41, 5.74) is 0.145. The molecule has 0 aliphatic heterocycles. The standard InChI is InChI=1S/C10H5Cl2FN2O2/c11-7-2-1-5(3-8(7)13)15-9(12)6(4-14-15)10(16)17/h1-4H,(H,16,17). The SMILES string of the molecule is O=C(O)c1cnn(-c2ccc(Cl)c(F)c2)c1Cl. The molecule has 0 radical (unpaired) electrons. The van der Waals surface area contributed by atoms with Crippen LogP contribution in [0.25, 0.3) is 5.69 Å². The van der Waals surface area contributed by atoms with Gasteiger partial charge < -0.3 is 5.11 Å². The molecule has 88 valence electrons. The molecule has 0 atom stereocenters. The van der Waals surface area contributed by atoms with Crippen molar-refractivity contribution in [1.82, 2.24) is 9.78 Å². The van der Waals surface area contributed by atoms with Crippen LogP contribution in [0.3, 0.4) is 0 Å². The summed E-state index contributed by atoms with van der Waals surface area (Å²) in [6.45, 7) is 0. The molecule has 0 saturated heterocycles. The highest BCUT2D eigenvalue weighted by Crippen LogP contribution is 2.23. The first kappa shape index (κ1) is 11.9. The molecule has 0 aliphatic rings. The Morgan fingerprint density at radius 3 is 2.65 bits per heavy atom. The van der Waals surface area contributed by atoms with Crippen LogP contribution in [0.4, 0.5) is 4.39 Å². The molecule has 0 saturated carbocycles. The summed E-state index contributed by atoms with van der Waals surface area (Å²) in [6.07, 6.45) is 1.09. The van der Waals surface area contributed by atoms with Gasteiger partial charge in [-0.15, -0.1) is 0 Å². The maximum absolute atomic E-state index is 13.2. The smallest absolute Gasteiger partial charge is 0.340 e. The first-order valence-corrected chi connectivity index (χ1v) is 5.18. The summed E-state index contributed by atoms with van der Waals surface area (Å²) < 4.78 is 14.3. The Morgan fingerprint density at radius 1 is 1.41 bits per heavy atom. The normalized spacial score (nSPS) is 10.5. The Kier molecular flexibility index (Phi) is 3.04. The summed E-state index contributed by atoms with van der Waals surface area (Å²) >= 11 is 11.3. The predicted molar refractivity (Wildman–Crippen MR) is 60.5 cm³/mol. The molecular weight excluding hydrogens is 270 g/mol. The van der Waals surface area contributed by atoms with Crippen molar-refractivity contribution < 1.29 is 14.3 Å². The van der Waals surface area contributed by atoms with Gasteiger partial charge in [0.25, 0.3) is 0 Å². The number of carbonyl (C=O) groups is 1. The summed E-state index contributed by atoms with van der Waals surface area (Å²) in [5, 5.41) is 12.4. The van der Waals surface area contributed by atoms with Crippen LogP contribution in [0.5, 0.6) is 0 Å². The molecule has 0 unspecified atom stereocenters. The number of carboxylic acid groups (broad SMARTS) is 1. The molecule has 0 amide bonds. The minimum absolute atomic E-state index is 0.0320. The number of benzene rings is 1. The molecule has 0 fully saturated rings. The van der Waals surface area contributed by atoms with Crippen LogP contribution in [0.15, 0.2) is 24.4 Å². The van der Waals surface area contributed by atoms with Gasteiger partial charge in [0.2, 0.25) is 0 Å². The fraction of sp³-hybridized carbons (Fsp3) is 0. The summed E-state index contributed by atoms with van der Waals surface area (Å²) in [4.78, 5) is 10.8. The van der Waals surface area contributed by atoms with E-state index in [-0.39, 0.29) is 15.7 Å². The Hall–Kier alpha value is -1.59. The third-order valence-corrected chi connectivity index (χ3v) is 2.76. The molecule has 7 heteroatoms. The van der Waals surface area contributed by atoms with E-state index in [0.29, 0.717) is 5.69 Å². The van der Waals surface area contributed by atoms with E-state index in [4.69, 9.17) is 28.3 Å². The molecular formula is C10H5Cl2FN2O2. The zero-order valence-electron chi connectivity index (χ0n) is 8.19. The van der Waals surface area contributed by atoms with Gasteiger partial charge in [-0.3, -0.25) is 0 Å². The number of aromatic carboxylic acids is 1. The van der Waals surface area contributed by atoms with Crippen LogP contribution in [0.1, 0.15) is 10.4 Å². The van der Waals surface area contributed by atoms with Crippen molar-refractivity contribution in [1.29, 1.82) is 0 Å². The number of hydrogen-bond acceptors (Lipinski definition) is 2. The quantitative estimate of drug-likeness (QED) is 0.916.